The van der Waals surface area contributed by atoms with Gasteiger partial charge in [-0.05, 0) is 60.6 Å². The summed E-state index contributed by atoms with van der Waals surface area (Å²) in [5.74, 6) is -0.0796. The van der Waals surface area contributed by atoms with Crippen LogP contribution in [-0.4, -0.2) is 45.7 Å². The number of carbonyl (C=O) groups excluding carboxylic acids is 3. The van der Waals surface area contributed by atoms with Crippen molar-refractivity contribution in [3.05, 3.63) is 101 Å². The molecule has 3 aromatic rings. The highest BCUT2D eigenvalue weighted by Crippen LogP contribution is 2.33. The zero-order chi connectivity index (χ0) is 27.5. The maximum Gasteiger partial charge on any atom is 0.255 e. The molecular formula is C33H35N3O4. The number of imide groups is 1. The molecule has 3 amide bonds. The van der Waals surface area contributed by atoms with Gasteiger partial charge in [0, 0.05) is 37.7 Å². The molecule has 2 aliphatic heterocycles. The van der Waals surface area contributed by atoms with Gasteiger partial charge in [-0.25, -0.2) is 0 Å². The molecule has 0 aromatic heterocycles. The molecule has 1 aliphatic carbocycles. The van der Waals surface area contributed by atoms with Crippen LogP contribution >= 0.6 is 0 Å². The topological polar surface area (TPSA) is 79.0 Å². The molecule has 3 unspecified atom stereocenters. The van der Waals surface area contributed by atoms with Crippen molar-refractivity contribution in [2.75, 3.05) is 0 Å². The van der Waals surface area contributed by atoms with Gasteiger partial charge < -0.3 is 9.64 Å². The number of piperidine rings is 1. The van der Waals surface area contributed by atoms with Crippen molar-refractivity contribution in [3.63, 3.8) is 0 Å². The van der Waals surface area contributed by atoms with Crippen LogP contribution in [0.1, 0.15) is 65.6 Å². The number of hydrogen-bond acceptors (Lipinski definition) is 5. The molecular weight excluding hydrogens is 502 g/mol. The minimum absolute atomic E-state index is 0.0302. The summed E-state index contributed by atoms with van der Waals surface area (Å²) in [7, 11) is 0. The summed E-state index contributed by atoms with van der Waals surface area (Å²) in [4.78, 5) is 41.3. The van der Waals surface area contributed by atoms with E-state index in [0.717, 1.165) is 43.7 Å². The monoisotopic (exact) mass is 537 g/mol. The second-order valence-electron chi connectivity index (χ2n) is 11.1. The Bertz CT molecular complexity index is 1340. The molecule has 1 saturated carbocycles. The number of fused-ring (bicyclic) bond motifs is 1. The Hall–Kier alpha value is -3.97. The third-order valence-electron chi connectivity index (χ3n) is 8.38. The van der Waals surface area contributed by atoms with Crippen LogP contribution in [0.15, 0.2) is 78.9 Å². The van der Waals surface area contributed by atoms with Gasteiger partial charge in [0.1, 0.15) is 17.9 Å². The fourth-order valence-corrected chi connectivity index (χ4v) is 6.36. The summed E-state index contributed by atoms with van der Waals surface area (Å²) < 4.78 is 6.71. The quantitative estimate of drug-likeness (QED) is 0.416. The van der Waals surface area contributed by atoms with Crippen LogP contribution in [0.25, 0.3) is 0 Å². The van der Waals surface area contributed by atoms with Gasteiger partial charge in [-0.1, -0.05) is 67.1 Å². The minimum atomic E-state index is -0.616. The SMILES string of the molecule is O=C1CCC(N2Cc3cc(OC4CCCCC4N(Cc4ccccc4)Cc4ccccc4)ccc3C2=O)C(=O)N1. The first-order valence-electron chi connectivity index (χ1n) is 14.3. The highest BCUT2D eigenvalue weighted by atomic mass is 16.5. The Balaban J connectivity index is 1.20. The van der Waals surface area contributed by atoms with Gasteiger partial charge in [0.05, 0.1) is 0 Å². The van der Waals surface area contributed by atoms with Crippen LogP contribution in [0.3, 0.4) is 0 Å². The van der Waals surface area contributed by atoms with Crippen LogP contribution in [0.4, 0.5) is 0 Å². The number of nitrogens with zero attached hydrogens (tertiary/aromatic N) is 2. The molecule has 1 N–H and O–H groups in total. The Morgan fingerprint density at radius 2 is 1.50 bits per heavy atom. The molecule has 3 atom stereocenters. The Morgan fingerprint density at radius 1 is 0.825 bits per heavy atom. The van der Waals surface area contributed by atoms with Gasteiger partial charge in [0.2, 0.25) is 11.8 Å². The number of nitrogens with one attached hydrogen (secondary N) is 1. The first kappa shape index (κ1) is 26.3. The molecule has 3 aliphatic rings. The summed E-state index contributed by atoms with van der Waals surface area (Å²) in [6, 6.07) is 26.5. The van der Waals surface area contributed by atoms with Crippen LogP contribution in [0, 0.1) is 0 Å². The van der Waals surface area contributed by atoms with E-state index in [1.165, 1.54) is 17.5 Å². The van der Waals surface area contributed by atoms with Crippen molar-refractivity contribution in [1.82, 2.24) is 15.1 Å². The number of amides is 3. The van der Waals surface area contributed by atoms with Crippen LogP contribution in [0.5, 0.6) is 5.75 Å². The highest BCUT2D eigenvalue weighted by molar-refractivity contribution is 6.05. The standard InChI is InChI=1S/C33H35N3O4/c37-31-18-17-29(32(38)34-31)36-22-25-19-26(15-16-27(25)33(36)39)40-30-14-8-7-13-28(30)35(20-23-9-3-1-4-10-23)21-24-11-5-2-6-12-24/h1-6,9-12,15-16,19,28-30H,7-8,13-14,17-18,20-22H2,(H,34,37,38). The Morgan fingerprint density at radius 3 is 2.17 bits per heavy atom. The number of ether oxygens (including phenoxy) is 1. The van der Waals surface area contributed by atoms with E-state index >= 15 is 0 Å². The van der Waals surface area contributed by atoms with Gasteiger partial charge in [-0.2, -0.15) is 0 Å². The lowest BCUT2D eigenvalue weighted by atomic mass is 9.90. The molecule has 1 saturated heterocycles. The molecule has 0 radical (unpaired) electrons. The lowest BCUT2D eigenvalue weighted by molar-refractivity contribution is -0.136. The van der Waals surface area contributed by atoms with E-state index in [2.05, 4.69) is 70.9 Å². The molecule has 2 heterocycles. The minimum Gasteiger partial charge on any atom is -0.489 e. The summed E-state index contributed by atoms with van der Waals surface area (Å²) in [5, 5.41) is 2.37. The summed E-state index contributed by atoms with van der Waals surface area (Å²) >= 11 is 0. The fourth-order valence-electron chi connectivity index (χ4n) is 6.36. The highest BCUT2D eigenvalue weighted by Gasteiger charge is 2.39. The van der Waals surface area contributed by atoms with E-state index in [4.69, 9.17) is 4.74 Å². The van der Waals surface area contributed by atoms with E-state index in [-0.39, 0.29) is 30.4 Å². The van der Waals surface area contributed by atoms with Crippen molar-refractivity contribution in [1.29, 1.82) is 0 Å². The van der Waals surface area contributed by atoms with Gasteiger partial charge in [-0.15, -0.1) is 0 Å². The van der Waals surface area contributed by atoms with Crippen molar-refractivity contribution in [2.45, 2.75) is 76.3 Å². The normalized spacial score (nSPS) is 22.8. The number of benzene rings is 3. The lowest BCUT2D eigenvalue weighted by Gasteiger charge is -2.40. The molecule has 0 bridgehead atoms. The van der Waals surface area contributed by atoms with Crippen molar-refractivity contribution >= 4 is 17.7 Å². The average molecular weight is 538 g/mol. The molecule has 7 nitrogen and oxygen atoms in total. The van der Waals surface area contributed by atoms with Crippen LogP contribution < -0.4 is 10.1 Å². The summed E-state index contributed by atoms with van der Waals surface area (Å²) in [5.41, 5.74) is 4.04. The molecule has 40 heavy (non-hydrogen) atoms. The predicted octanol–water partition coefficient (Wildman–Crippen LogP) is 4.84. The third kappa shape index (κ3) is 5.65. The average Bonchev–Trinajstić information content (AvgIpc) is 3.29. The van der Waals surface area contributed by atoms with E-state index in [1.807, 2.05) is 18.2 Å². The number of carbonyl (C=O) groups is 3. The van der Waals surface area contributed by atoms with Gasteiger partial charge in [0.25, 0.3) is 5.91 Å². The summed E-state index contributed by atoms with van der Waals surface area (Å²) in [6.45, 7) is 2.04. The maximum atomic E-state index is 13.1. The van der Waals surface area contributed by atoms with E-state index in [9.17, 15) is 14.4 Å². The second-order valence-corrected chi connectivity index (χ2v) is 11.1. The van der Waals surface area contributed by atoms with Crippen molar-refractivity contribution < 1.29 is 19.1 Å². The molecule has 2 fully saturated rings. The Kier molecular flexibility index (Phi) is 7.64. The first-order chi connectivity index (χ1) is 19.5. The van der Waals surface area contributed by atoms with Gasteiger partial charge >= 0.3 is 0 Å². The number of rotatable bonds is 8. The van der Waals surface area contributed by atoms with Crippen LogP contribution in [0.2, 0.25) is 0 Å². The molecule has 3 aromatic carbocycles. The molecule has 206 valence electrons. The van der Waals surface area contributed by atoms with E-state index in [0.29, 0.717) is 18.5 Å². The zero-order valence-corrected chi connectivity index (χ0v) is 22.6. The zero-order valence-electron chi connectivity index (χ0n) is 22.6. The largest absolute Gasteiger partial charge is 0.489 e. The Labute approximate surface area is 235 Å². The van der Waals surface area contributed by atoms with Crippen LogP contribution in [-0.2, 0) is 29.2 Å². The fraction of sp³-hybridized carbons (Fsp3) is 0.364. The van der Waals surface area contributed by atoms with E-state index in [1.54, 1.807) is 4.90 Å². The van der Waals surface area contributed by atoms with Gasteiger partial charge in [0.15, 0.2) is 0 Å². The van der Waals surface area contributed by atoms with Crippen molar-refractivity contribution in [3.8, 4) is 5.75 Å². The first-order valence-corrected chi connectivity index (χ1v) is 14.3. The molecule has 7 heteroatoms. The molecule has 0 spiro atoms. The predicted molar refractivity (Wildman–Crippen MR) is 151 cm³/mol. The van der Waals surface area contributed by atoms with Gasteiger partial charge in [-0.3, -0.25) is 24.6 Å². The van der Waals surface area contributed by atoms with E-state index < -0.39 is 11.9 Å². The van der Waals surface area contributed by atoms with Crippen molar-refractivity contribution in [2.24, 2.45) is 0 Å². The number of hydrogen-bond donors (Lipinski definition) is 1. The summed E-state index contributed by atoms with van der Waals surface area (Å²) in [6.07, 6.45) is 4.97. The lowest BCUT2D eigenvalue weighted by Crippen LogP contribution is -2.52. The maximum absolute atomic E-state index is 13.1. The third-order valence-corrected chi connectivity index (χ3v) is 8.38. The second kappa shape index (κ2) is 11.6. The smallest absolute Gasteiger partial charge is 0.255 e. The molecule has 6 rings (SSSR count).